The van der Waals surface area contributed by atoms with Gasteiger partial charge in [0.25, 0.3) is 0 Å². The molecule has 0 saturated carbocycles. The Bertz CT molecular complexity index is 758. The summed E-state index contributed by atoms with van der Waals surface area (Å²) in [6, 6.07) is 0.279. The molecule has 0 bridgehead atoms. The quantitative estimate of drug-likeness (QED) is 0.576. The van der Waals surface area contributed by atoms with E-state index in [0.717, 1.165) is 48.3 Å². The van der Waals surface area contributed by atoms with Crippen LogP contribution in [0.2, 0.25) is 0 Å². The lowest BCUT2D eigenvalue weighted by Crippen LogP contribution is -2.43. The Morgan fingerprint density at radius 3 is 2.50 bits per heavy atom. The van der Waals surface area contributed by atoms with E-state index in [4.69, 9.17) is 4.99 Å². The molecule has 1 unspecified atom stereocenters. The minimum absolute atomic E-state index is 0.279. The first-order valence-electron chi connectivity index (χ1n) is 9.28. The highest BCUT2D eigenvalue weighted by Crippen LogP contribution is 2.17. The molecule has 0 spiro atoms. The Morgan fingerprint density at radius 2 is 1.96 bits per heavy atom. The average Bonchev–Trinajstić information content (AvgIpc) is 3.00. The number of hydrogen-bond donors (Lipinski definition) is 2. The molecule has 26 heavy (non-hydrogen) atoms. The molecule has 2 aromatic heterocycles. The fourth-order valence-corrected chi connectivity index (χ4v) is 4.02. The van der Waals surface area contributed by atoms with Crippen molar-refractivity contribution in [1.82, 2.24) is 25.4 Å². The second-order valence-electron chi connectivity index (χ2n) is 6.77. The third-order valence-corrected chi connectivity index (χ3v) is 5.64. The van der Waals surface area contributed by atoms with Gasteiger partial charge in [0.05, 0.1) is 16.4 Å². The van der Waals surface area contributed by atoms with Gasteiger partial charge in [-0.05, 0) is 53.5 Å². The Balaban J connectivity index is 1.96. The minimum atomic E-state index is 0.279. The number of nitrogens with zero attached hydrogens (tertiary/aromatic N) is 4. The lowest BCUT2D eigenvalue weighted by Gasteiger charge is -2.18. The van der Waals surface area contributed by atoms with Crippen molar-refractivity contribution in [3.05, 3.63) is 32.5 Å². The van der Waals surface area contributed by atoms with Crippen LogP contribution in [0.25, 0.3) is 0 Å². The number of aliphatic imine (C=N–C) groups is 1. The standard InChI is InChI=1S/C19H32N6S/c1-8-20-19(21-10-9-18-14(4)23-16(6)26-18)22-12(2)11-17-13(3)24-25(7)15(17)5/h12H,8-11H2,1-7H3,(H2,20,21,22). The van der Waals surface area contributed by atoms with Crippen LogP contribution in [-0.2, 0) is 19.9 Å². The van der Waals surface area contributed by atoms with E-state index >= 15 is 0 Å². The summed E-state index contributed by atoms with van der Waals surface area (Å²) in [6.45, 7) is 14.2. The molecular formula is C19H32N6S. The topological polar surface area (TPSA) is 67.1 Å². The SMILES string of the molecule is CCNC(=NCCc1sc(C)nc1C)NC(C)Cc1c(C)nn(C)c1C. The van der Waals surface area contributed by atoms with Gasteiger partial charge in [-0.3, -0.25) is 9.67 Å². The summed E-state index contributed by atoms with van der Waals surface area (Å²) in [5.74, 6) is 0.873. The number of aryl methyl sites for hydroxylation is 4. The van der Waals surface area contributed by atoms with Gasteiger partial charge in [0.2, 0.25) is 0 Å². The second-order valence-corrected chi connectivity index (χ2v) is 8.06. The Hall–Kier alpha value is -1.89. The van der Waals surface area contributed by atoms with Crippen molar-refractivity contribution in [2.75, 3.05) is 13.1 Å². The van der Waals surface area contributed by atoms with Crippen LogP contribution in [0.15, 0.2) is 4.99 Å². The van der Waals surface area contributed by atoms with E-state index in [-0.39, 0.29) is 6.04 Å². The smallest absolute Gasteiger partial charge is 0.191 e. The van der Waals surface area contributed by atoms with Crippen LogP contribution in [0.4, 0.5) is 0 Å². The van der Waals surface area contributed by atoms with E-state index in [1.807, 2.05) is 11.7 Å². The van der Waals surface area contributed by atoms with Crippen LogP contribution in [-0.4, -0.2) is 39.9 Å². The van der Waals surface area contributed by atoms with Crippen LogP contribution in [0.3, 0.4) is 0 Å². The van der Waals surface area contributed by atoms with Crippen molar-refractivity contribution < 1.29 is 0 Å². The predicted octanol–water partition coefficient (Wildman–Crippen LogP) is 2.84. The van der Waals surface area contributed by atoms with Crippen molar-refractivity contribution in [2.24, 2.45) is 12.0 Å². The molecule has 0 saturated heterocycles. The monoisotopic (exact) mass is 376 g/mol. The first-order chi connectivity index (χ1) is 12.3. The van der Waals surface area contributed by atoms with E-state index in [0.29, 0.717) is 0 Å². The molecule has 0 amide bonds. The molecule has 0 aliphatic rings. The van der Waals surface area contributed by atoms with Crippen molar-refractivity contribution in [3.8, 4) is 0 Å². The molecule has 0 aliphatic carbocycles. The summed E-state index contributed by atoms with van der Waals surface area (Å²) in [5, 5.41) is 12.5. The van der Waals surface area contributed by atoms with Crippen LogP contribution in [0.1, 0.15) is 46.4 Å². The number of thiazole rings is 1. The van der Waals surface area contributed by atoms with Gasteiger partial charge in [-0.1, -0.05) is 0 Å². The van der Waals surface area contributed by atoms with Gasteiger partial charge in [0.15, 0.2) is 5.96 Å². The summed E-state index contributed by atoms with van der Waals surface area (Å²) in [5.41, 5.74) is 4.79. The zero-order valence-corrected chi connectivity index (χ0v) is 17.9. The van der Waals surface area contributed by atoms with Crippen molar-refractivity contribution >= 4 is 17.3 Å². The molecule has 2 aromatic rings. The lowest BCUT2D eigenvalue weighted by atomic mass is 10.1. The van der Waals surface area contributed by atoms with Gasteiger partial charge >= 0.3 is 0 Å². The zero-order valence-electron chi connectivity index (χ0n) is 17.1. The maximum absolute atomic E-state index is 4.74. The molecule has 2 rings (SSSR count). The highest BCUT2D eigenvalue weighted by Gasteiger charge is 2.14. The number of aromatic nitrogens is 3. The van der Waals surface area contributed by atoms with Crippen molar-refractivity contribution in [3.63, 3.8) is 0 Å². The highest BCUT2D eigenvalue weighted by molar-refractivity contribution is 7.11. The molecule has 0 aromatic carbocycles. The normalized spacial score (nSPS) is 13.1. The molecule has 0 radical (unpaired) electrons. The summed E-state index contributed by atoms with van der Waals surface area (Å²) in [7, 11) is 2.00. The molecule has 0 aliphatic heterocycles. The van der Waals surface area contributed by atoms with Gasteiger partial charge in [-0.15, -0.1) is 11.3 Å². The first kappa shape index (κ1) is 20.4. The largest absolute Gasteiger partial charge is 0.357 e. The summed E-state index contributed by atoms with van der Waals surface area (Å²) >= 11 is 1.77. The number of hydrogen-bond acceptors (Lipinski definition) is 4. The summed E-state index contributed by atoms with van der Waals surface area (Å²) < 4.78 is 1.95. The molecule has 0 fully saturated rings. The second kappa shape index (κ2) is 9.16. The number of nitrogens with one attached hydrogen (secondary N) is 2. The minimum Gasteiger partial charge on any atom is -0.357 e. The number of rotatable bonds is 7. The van der Waals surface area contributed by atoms with Crippen LogP contribution >= 0.6 is 11.3 Å². The number of guanidine groups is 1. The van der Waals surface area contributed by atoms with Crippen molar-refractivity contribution in [2.45, 2.75) is 60.4 Å². The summed E-state index contributed by atoms with van der Waals surface area (Å²) in [6.07, 6.45) is 1.87. The van der Waals surface area contributed by atoms with E-state index in [1.165, 1.54) is 16.1 Å². The highest BCUT2D eigenvalue weighted by atomic mass is 32.1. The van der Waals surface area contributed by atoms with Crippen molar-refractivity contribution in [1.29, 1.82) is 0 Å². The Kier molecular flexibility index (Phi) is 7.20. The maximum Gasteiger partial charge on any atom is 0.191 e. The molecule has 2 N–H and O–H groups in total. The lowest BCUT2D eigenvalue weighted by molar-refractivity contribution is 0.636. The van der Waals surface area contributed by atoms with Gasteiger partial charge in [-0.2, -0.15) is 5.10 Å². The first-order valence-corrected chi connectivity index (χ1v) is 10.1. The zero-order chi connectivity index (χ0) is 19.3. The predicted molar refractivity (Wildman–Crippen MR) is 110 cm³/mol. The molecule has 2 heterocycles. The Morgan fingerprint density at radius 1 is 1.23 bits per heavy atom. The van der Waals surface area contributed by atoms with Crippen LogP contribution < -0.4 is 10.6 Å². The average molecular weight is 377 g/mol. The van der Waals surface area contributed by atoms with E-state index < -0.39 is 0 Å². The van der Waals surface area contributed by atoms with E-state index in [1.54, 1.807) is 11.3 Å². The summed E-state index contributed by atoms with van der Waals surface area (Å²) in [4.78, 5) is 10.6. The third kappa shape index (κ3) is 5.30. The molecule has 6 nitrogen and oxygen atoms in total. The third-order valence-electron chi connectivity index (χ3n) is 4.50. The maximum atomic E-state index is 4.74. The van der Waals surface area contributed by atoms with E-state index in [9.17, 15) is 0 Å². The van der Waals surface area contributed by atoms with Gasteiger partial charge in [0, 0.05) is 43.2 Å². The van der Waals surface area contributed by atoms with Crippen LogP contribution in [0, 0.1) is 27.7 Å². The molecular weight excluding hydrogens is 344 g/mol. The van der Waals surface area contributed by atoms with Gasteiger partial charge < -0.3 is 10.6 Å². The van der Waals surface area contributed by atoms with Gasteiger partial charge in [-0.25, -0.2) is 4.98 Å². The fourth-order valence-electron chi connectivity index (χ4n) is 3.10. The van der Waals surface area contributed by atoms with E-state index in [2.05, 4.69) is 62.3 Å². The van der Waals surface area contributed by atoms with Gasteiger partial charge in [0.1, 0.15) is 0 Å². The Labute approximate surface area is 161 Å². The molecule has 1 atom stereocenters. The van der Waals surface area contributed by atoms with Crippen LogP contribution in [0.5, 0.6) is 0 Å². The molecule has 7 heteroatoms. The molecule has 144 valence electrons. The fraction of sp³-hybridized carbons (Fsp3) is 0.632.